The van der Waals surface area contributed by atoms with Crippen LogP contribution in [-0.4, -0.2) is 31.6 Å². The highest BCUT2D eigenvalue weighted by molar-refractivity contribution is 8.01. The monoisotopic (exact) mass is 269 g/mol. The maximum Gasteiger partial charge on any atom is 0.235 e. The van der Waals surface area contributed by atoms with Gasteiger partial charge in [0.2, 0.25) is 5.91 Å². The third-order valence-corrected chi connectivity index (χ3v) is 3.80. The topological polar surface area (TPSA) is 72.7 Å². The van der Waals surface area contributed by atoms with E-state index < -0.39 is 0 Å². The van der Waals surface area contributed by atoms with Crippen LogP contribution < -0.4 is 5.32 Å². The number of thioether (sulfide) groups is 1. The van der Waals surface area contributed by atoms with Gasteiger partial charge in [0, 0.05) is 13.1 Å². The number of nitrogens with one attached hydrogen (secondary N) is 1. The zero-order valence-electron chi connectivity index (χ0n) is 9.38. The summed E-state index contributed by atoms with van der Waals surface area (Å²) in [6, 6.07) is 1.83. The number of carbonyl (C=O) groups is 1. The van der Waals surface area contributed by atoms with Crippen molar-refractivity contribution in [2.45, 2.75) is 11.3 Å². The van der Waals surface area contributed by atoms with Crippen molar-refractivity contribution in [2.24, 2.45) is 7.05 Å². The lowest BCUT2D eigenvalue weighted by atomic mass is 10.4. The van der Waals surface area contributed by atoms with E-state index in [0.29, 0.717) is 11.6 Å². The number of nitrogens with zero attached hydrogens (tertiary/aromatic N) is 4. The summed E-state index contributed by atoms with van der Waals surface area (Å²) >= 11 is 2.79. The molecule has 0 bridgehead atoms. The first-order valence-electron chi connectivity index (χ1n) is 4.84. The van der Waals surface area contributed by atoms with Crippen LogP contribution in [0.5, 0.6) is 0 Å². The molecule has 2 rings (SSSR count). The lowest BCUT2D eigenvalue weighted by Gasteiger charge is -2.03. The Kier molecular flexibility index (Phi) is 3.75. The number of carbonyl (C=O) groups excluding carboxylic acids is 1. The molecular formula is C9H11N5OS2. The van der Waals surface area contributed by atoms with E-state index >= 15 is 0 Å². The van der Waals surface area contributed by atoms with E-state index in [0.717, 1.165) is 10.0 Å². The van der Waals surface area contributed by atoms with Crippen molar-refractivity contribution in [3.8, 4) is 0 Å². The van der Waals surface area contributed by atoms with Crippen molar-refractivity contribution >= 4 is 34.8 Å². The van der Waals surface area contributed by atoms with Crippen LogP contribution in [-0.2, 0) is 11.8 Å². The summed E-state index contributed by atoms with van der Waals surface area (Å²) in [6.07, 6.45) is 0. The fourth-order valence-electron chi connectivity index (χ4n) is 1.26. The van der Waals surface area contributed by atoms with Crippen molar-refractivity contribution < 1.29 is 4.79 Å². The summed E-state index contributed by atoms with van der Waals surface area (Å²) in [5.74, 6) is 0.943. The number of aryl methyl sites for hydroxylation is 2. The first-order valence-corrected chi connectivity index (χ1v) is 6.71. The van der Waals surface area contributed by atoms with Crippen LogP contribution in [0, 0.1) is 6.92 Å². The Morgan fingerprint density at radius 2 is 2.47 bits per heavy atom. The predicted octanol–water partition coefficient (Wildman–Crippen LogP) is 1.31. The summed E-state index contributed by atoms with van der Waals surface area (Å²) in [6.45, 7) is 1.88. The highest BCUT2D eigenvalue weighted by Crippen LogP contribution is 2.19. The zero-order valence-corrected chi connectivity index (χ0v) is 11.0. The molecule has 0 saturated heterocycles. The molecule has 2 heterocycles. The first-order chi connectivity index (χ1) is 8.15. The average molecular weight is 269 g/mol. The zero-order chi connectivity index (χ0) is 12.3. The second-order valence-corrected chi connectivity index (χ2v) is 5.39. The summed E-state index contributed by atoms with van der Waals surface area (Å²) in [7, 11) is 1.79. The molecule has 0 spiro atoms. The molecule has 0 fully saturated rings. The minimum atomic E-state index is -0.0757. The molecule has 0 unspecified atom stereocenters. The van der Waals surface area contributed by atoms with Crippen LogP contribution in [0.1, 0.15) is 5.69 Å². The standard InChI is InChI=1S/C9H11N5OS2/c1-6-3-7(14(2)13-6)11-8(15)4-16-9-12-10-5-17-9/h3,5H,4H2,1-2H3,(H,11,15). The number of rotatable bonds is 4. The third-order valence-electron chi connectivity index (χ3n) is 1.94. The second kappa shape index (κ2) is 5.28. The van der Waals surface area contributed by atoms with E-state index in [1.165, 1.54) is 23.1 Å². The Morgan fingerprint density at radius 1 is 1.65 bits per heavy atom. The van der Waals surface area contributed by atoms with Crippen LogP contribution >= 0.6 is 23.1 Å². The van der Waals surface area contributed by atoms with E-state index in [1.807, 2.05) is 13.0 Å². The van der Waals surface area contributed by atoms with E-state index in [9.17, 15) is 4.79 Å². The smallest absolute Gasteiger partial charge is 0.235 e. The number of hydrogen-bond acceptors (Lipinski definition) is 6. The molecule has 90 valence electrons. The predicted molar refractivity (Wildman–Crippen MR) is 67.2 cm³/mol. The van der Waals surface area contributed by atoms with E-state index in [2.05, 4.69) is 20.6 Å². The van der Waals surface area contributed by atoms with Crippen molar-refractivity contribution in [1.82, 2.24) is 20.0 Å². The molecule has 0 aromatic carbocycles. The molecule has 0 radical (unpaired) electrons. The fraction of sp³-hybridized carbons (Fsp3) is 0.333. The van der Waals surface area contributed by atoms with Crippen LogP contribution in [0.25, 0.3) is 0 Å². The van der Waals surface area contributed by atoms with Gasteiger partial charge in [-0.05, 0) is 6.92 Å². The van der Waals surface area contributed by atoms with Gasteiger partial charge >= 0.3 is 0 Å². The van der Waals surface area contributed by atoms with Crippen LogP contribution in [0.3, 0.4) is 0 Å². The van der Waals surface area contributed by atoms with E-state index in [1.54, 1.807) is 17.2 Å². The van der Waals surface area contributed by atoms with Crippen molar-refractivity contribution in [2.75, 3.05) is 11.1 Å². The lowest BCUT2D eigenvalue weighted by molar-refractivity contribution is -0.113. The SMILES string of the molecule is Cc1cc(NC(=O)CSc2nncs2)n(C)n1. The fourth-order valence-corrected chi connectivity index (χ4v) is 2.55. The van der Waals surface area contributed by atoms with Gasteiger partial charge < -0.3 is 5.32 Å². The van der Waals surface area contributed by atoms with Crippen LogP contribution in [0.4, 0.5) is 5.82 Å². The lowest BCUT2D eigenvalue weighted by Crippen LogP contribution is -2.16. The maximum atomic E-state index is 11.7. The summed E-state index contributed by atoms with van der Waals surface area (Å²) in [4.78, 5) is 11.7. The Labute approximate surface area is 106 Å². The van der Waals surface area contributed by atoms with E-state index in [4.69, 9.17) is 0 Å². The minimum Gasteiger partial charge on any atom is -0.310 e. The number of hydrogen-bond donors (Lipinski definition) is 1. The van der Waals surface area contributed by atoms with E-state index in [-0.39, 0.29) is 5.91 Å². The molecule has 2 aromatic heterocycles. The van der Waals surface area contributed by atoms with Gasteiger partial charge in [0.15, 0.2) is 4.34 Å². The molecule has 17 heavy (non-hydrogen) atoms. The Bertz CT molecular complexity index is 507. The maximum absolute atomic E-state index is 11.7. The molecule has 8 heteroatoms. The van der Waals surface area contributed by atoms with Crippen LogP contribution in [0.15, 0.2) is 15.9 Å². The Hall–Kier alpha value is -1.41. The summed E-state index contributed by atoms with van der Waals surface area (Å²) < 4.78 is 2.43. The van der Waals surface area contributed by atoms with Gasteiger partial charge in [0.05, 0.1) is 11.4 Å². The Balaban J connectivity index is 1.87. The Morgan fingerprint density at radius 3 is 3.06 bits per heavy atom. The van der Waals surface area contributed by atoms with Crippen molar-refractivity contribution in [3.63, 3.8) is 0 Å². The molecule has 6 nitrogen and oxygen atoms in total. The quantitative estimate of drug-likeness (QED) is 0.847. The van der Waals surface area contributed by atoms with Crippen molar-refractivity contribution in [3.05, 3.63) is 17.3 Å². The third kappa shape index (κ3) is 3.27. The molecule has 1 N–H and O–H groups in total. The highest BCUT2D eigenvalue weighted by atomic mass is 32.2. The van der Waals surface area contributed by atoms with Gasteiger partial charge in [-0.15, -0.1) is 10.2 Å². The largest absolute Gasteiger partial charge is 0.310 e. The minimum absolute atomic E-state index is 0.0757. The van der Waals surface area contributed by atoms with Gasteiger partial charge in [-0.2, -0.15) is 5.10 Å². The number of anilines is 1. The molecular weight excluding hydrogens is 258 g/mol. The number of amides is 1. The molecule has 0 atom stereocenters. The van der Waals surface area contributed by atoms with Gasteiger partial charge in [-0.3, -0.25) is 9.48 Å². The molecule has 0 aliphatic heterocycles. The summed E-state index contributed by atoms with van der Waals surface area (Å²) in [5, 5.41) is 14.5. The molecule has 0 aliphatic carbocycles. The normalized spacial score (nSPS) is 10.5. The van der Waals surface area contributed by atoms with Gasteiger partial charge in [-0.25, -0.2) is 0 Å². The second-order valence-electron chi connectivity index (χ2n) is 3.34. The molecule has 2 aromatic rings. The molecule has 1 amide bonds. The number of aromatic nitrogens is 4. The highest BCUT2D eigenvalue weighted by Gasteiger charge is 2.08. The average Bonchev–Trinajstić information content (AvgIpc) is 2.87. The molecule has 0 aliphatic rings. The molecule has 0 saturated carbocycles. The first kappa shape index (κ1) is 12.1. The summed E-state index contributed by atoms with van der Waals surface area (Å²) in [5.41, 5.74) is 2.52. The van der Waals surface area contributed by atoms with Crippen molar-refractivity contribution in [1.29, 1.82) is 0 Å². The van der Waals surface area contributed by atoms with Gasteiger partial charge in [-0.1, -0.05) is 23.1 Å². The van der Waals surface area contributed by atoms with Gasteiger partial charge in [0.1, 0.15) is 11.3 Å². The van der Waals surface area contributed by atoms with Gasteiger partial charge in [0.25, 0.3) is 0 Å². The van der Waals surface area contributed by atoms with Crippen LogP contribution in [0.2, 0.25) is 0 Å².